The Morgan fingerprint density at radius 2 is 1.82 bits per heavy atom. The van der Waals surface area contributed by atoms with Gasteiger partial charge in [0.15, 0.2) is 0 Å². The number of methoxy groups -OCH3 is 1. The van der Waals surface area contributed by atoms with Crippen LogP contribution in [0.15, 0.2) is 0 Å². The Bertz CT molecular complexity index is 202. The summed E-state index contributed by atoms with van der Waals surface area (Å²) in [6.07, 6.45) is 0.242. The summed E-state index contributed by atoms with van der Waals surface area (Å²) in [5.41, 5.74) is 5.19. The molecule has 0 aromatic heterocycles. The van der Waals surface area contributed by atoms with Gasteiger partial charge in [0, 0.05) is 33.2 Å². The zero-order valence-electron chi connectivity index (χ0n) is 10.2. The summed E-state index contributed by atoms with van der Waals surface area (Å²) >= 11 is 0. The Labute approximate surface area is 101 Å². The van der Waals surface area contributed by atoms with Crippen LogP contribution in [-0.4, -0.2) is 58.4 Å². The standard InChI is InChI=1S/C10H21N3O4/c1-16-7-5-13-9(14)2-4-12-10(15)8-17-6-3-11/h2-8,11H2,1H3,(H,12,15)(H,13,14). The normalized spacial score (nSPS) is 10.0. The highest BCUT2D eigenvalue weighted by atomic mass is 16.5. The second-order valence-corrected chi connectivity index (χ2v) is 3.28. The van der Waals surface area contributed by atoms with Gasteiger partial charge in [0.2, 0.25) is 11.8 Å². The number of hydrogen-bond acceptors (Lipinski definition) is 5. The molecule has 100 valence electrons. The second kappa shape index (κ2) is 11.3. The van der Waals surface area contributed by atoms with E-state index in [9.17, 15) is 9.59 Å². The summed E-state index contributed by atoms with van der Waals surface area (Å²) in [6.45, 7) is 1.96. The van der Waals surface area contributed by atoms with Crippen molar-refractivity contribution in [1.82, 2.24) is 10.6 Å². The molecule has 0 aliphatic heterocycles. The molecule has 0 spiro atoms. The molecule has 0 atom stereocenters. The van der Waals surface area contributed by atoms with E-state index in [1.807, 2.05) is 0 Å². The summed E-state index contributed by atoms with van der Waals surface area (Å²) < 4.78 is 9.71. The molecule has 0 aliphatic carbocycles. The summed E-state index contributed by atoms with van der Waals surface area (Å²) in [5, 5.41) is 5.21. The Morgan fingerprint density at radius 1 is 1.12 bits per heavy atom. The molecule has 0 saturated heterocycles. The number of hydrogen-bond donors (Lipinski definition) is 3. The Kier molecular flexibility index (Phi) is 10.5. The highest BCUT2D eigenvalue weighted by Gasteiger charge is 2.03. The van der Waals surface area contributed by atoms with Crippen molar-refractivity contribution in [2.75, 3.05) is 46.6 Å². The van der Waals surface area contributed by atoms with E-state index < -0.39 is 0 Å². The zero-order valence-corrected chi connectivity index (χ0v) is 10.2. The number of nitrogens with one attached hydrogen (secondary N) is 2. The summed E-state index contributed by atoms with van der Waals surface area (Å²) in [6, 6.07) is 0. The second-order valence-electron chi connectivity index (χ2n) is 3.28. The highest BCUT2D eigenvalue weighted by Crippen LogP contribution is 1.79. The molecular formula is C10H21N3O4. The summed E-state index contributed by atoms with van der Waals surface area (Å²) in [5.74, 6) is -0.367. The van der Waals surface area contributed by atoms with Gasteiger partial charge in [-0.05, 0) is 0 Å². The van der Waals surface area contributed by atoms with E-state index >= 15 is 0 Å². The van der Waals surface area contributed by atoms with Gasteiger partial charge in [-0.3, -0.25) is 9.59 Å². The van der Waals surface area contributed by atoms with Crippen molar-refractivity contribution in [2.45, 2.75) is 6.42 Å². The number of ether oxygens (including phenoxy) is 2. The van der Waals surface area contributed by atoms with Crippen molar-refractivity contribution in [2.24, 2.45) is 5.73 Å². The molecule has 0 aromatic rings. The molecule has 0 unspecified atom stereocenters. The molecule has 2 amide bonds. The molecule has 0 radical (unpaired) electrons. The van der Waals surface area contributed by atoms with Crippen molar-refractivity contribution >= 4 is 11.8 Å². The van der Waals surface area contributed by atoms with Gasteiger partial charge in [-0.25, -0.2) is 0 Å². The van der Waals surface area contributed by atoms with E-state index in [-0.39, 0.29) is 24.8 Å². The molecule has 0 rings (SSSR count). The van der Waals surface area contributed by atoms with E-state index in [4.69, 9.17) is 15.2 Å². The lowest BCUT2D eigenvalue weighted by Crippen LogP contribution is -2.34. The summed E-state index contributed by atoms with van der Waals surface area (Å²) in [7, 11) is 1.56. The van der Waals surface area contributed by atoms with Gasteiger partial charge in [0.05, 0.1) is 13.2 Å². The molecule has 7 nitrogen and oxygen atoms in total. The molecule has 7 heteroatoms. The molecular weight excluding hydrogens is 226 g/mol. The Morgan fingerprint density at radius 3 is 2.47 bits per heavy atom. The minimum atomic E-state index is -0.247. The monoisotopic (exact) mass is 247 g/mol. The maximum atomic E-state index is 11.2. The Balaban J connectivity index is 3.36. The molecule has 0 fully saturated rings. The van der Waals surface area contributed by atoms with Crippen LogP contribution in [0.4, 0.5) is 0 Å². The molecule has 4 N–H and O–H groups in total. The number of carbonyl (C=O) groups is 2. The first kappa shape index (κ1) is 15.8. The smallest absolute Gasteiger partial charge is 0.246 e. The van der Waals surface area contributed by atoms with Crippen LogP contribution >= 0.6 is 0 Å². The minimum absolute atomic E-state index is 0.0253. The first-order valence-corrected chi connectivity index (χ1v) is 5.50. The van der Waals surface area contributed by atoms with Crippen LogP contribution in [0.2, 0.25) is 0 Å². The highest BCUT2D eigenvalue weighted by molar-refractivity contribution is 5.79. The number of amides is 2. The topological polar surface area (TPSA) is 103 Å². The lowest BCUT2D eigenvalue weighted by molar-refractivity contribution is -0.125. The quantitative estimate of drug-likeness (QED) is 0.396. The minimum Gasteiger partial charge on any atom is -0.383 e. The average molecular weight is 247 g/mol. The predicted molar refractivity (Wildman–Crippen MR) is 62.4 cm³/mol. The van der Waals surface area contributed by atoms with E-state index in [2.05, 4.69) is 10.6 Å². The van der Waals surface area contributed by atoms with Gasteiger partial charge in [0.1, 0.15) is 6.61 Å². The maximum absolute atomic E-state index is 11.2. The van der Waals surface area contributed by atoms with E-state index in [1.165, 1.54) is 0 Å². The fourth-order valence-electron chi connectivity index (χ4n) is 0.996. The molecule has 0 aromatic carbocycles. The number of carbonyl (C=O) groups excluding carboxylic acids is 2. The van der Waals surface area contributed by atoms with Crippen molar-refractivity contribution < 1.29 is 19.1 Å². The van der Waals surface area contributed by atoms with Gasteiger partial charge in [-0.2, -0.15) is 0 Å². The third-order valence-corrected chi connectivity index (χ3v) is 1.80. The van der Waals surface area contributed by atoms with Crippen LogP contribution in [0.5, 0.6) is 0 Å². The first-order chi connectivity index (χ1) is 8.20. The molecule has 0 bridgehead atoms. The van der Waals surface area contributed by atoms with E-state index in [1.54, 1.807) is 7.11 Å². The third-order valence-electron chi connectivity index (χ3n) is 1.80. The van der Waals surface area contributed by atoms with Crippen LogP contribution in [0.3, 0.4) is 0 Å². The fourth-order valence-corrected chi connectivity index (χ4v) is 0.996. The maximum Gasteiger partial charge on any atom is 0.246 e. The van der Waals surface area contributed by atoms with Crippen LogP contribution in [0.25, 0.3) is 0 Å². The van der Waals surface area contributed by atoms with Gasteiger partial charge in [-0.15, -0.1) is 0 Å². The van der Waals surface area contributed by atoms with Crippen molar-refractivity contribution in [1.29, 1.82) is 0 Å². The molecule has 0 aliphatic rings. The lowest BCUT2D eigenvalue weighted by Gasteiger charge is -2.06. The van der Waals surface area contributed by atoms with E-state index in [0.717, 1.165) is 0 Å². The molecule has 0 heterocycles. The van der Waals surface area contributed by atoms with Crippen molar-refractivity contribution in [3.05, 3.63) is 0 Å². The van der Waals surface area contributed by atoms with E-state index in [0.29, 0.717) is 32.8 Å². The van der Waals surface area contributed by atoms with Crippen LogP contribution in [0.1, 0.15) is 6.42 Å². The van der Waals surface area contributed by atoms with Crippen molar-refractivity contribution in [3.8, 4) is 0 Å². The van der Waals surface area contributed by atoms with Gasteiger partial charge in [-0.1, -0.05) is 0 Å². The van der Waals surface area contributed by atoms with Crippen LogP contribution in [-0.2, 0) is 19.1 Å². The largest absolute Gasteiger partial charge is 0.383 e. The number of rotatable bonds is 10. The van der Waals surface area contributed by atoms with Gasteiger partial charge in [0.25, 0.3) is 0 Å². The van der Waals surface area contributed by atoms with Gasteiger partial charge < -0.3 is 25.8 Å². The predicted octanol–water partition coefficient (Wildman–Crippen LogP) is -1.77. The lowest BCUT2D eigenvalue weighted by atomic mass is 10.4. The average Bonchev–Trinajstić information content (AvgIpc) is 2.30. The fraction of sp³-hybridized carbons (Fsp3) is 0.800. The third kappa shape index (κ3) is 11.1. The number of nitrogens with two attached hydrogens (primary N) is 1. The van der Waals surface area contributed by atoms with Crippen LogP contribution < -0.4 is 16.4 Å². The summed E-state index contributed by atoms with van der Waals surface area (Å²) in [4.78, 5) is 22.3. The zero-order chi connectivity index (χ0) is 12.9. The van der Waals surface area contributed by atoms with Gasteiger partial charge >= 0.3 is 0 Å². The van der Waals surface area contributed by atoms with Crippen LogP contribution in [0, 0.1) is 0 Å². The molecule has 17 heavy (non-hydrogen) atoms. The molecule has 0 saturated carbocycles. The Hall–Kier alpha value is -1.18. The SMILES string of the molecule is COCCNC(=O)CCNC(=O)COCCN. The van der Waals surface area contributed by atoms with Crippen molar-refractivity contribution in [3.63, 3.8) is 0 Å². The first-order valence-electron chi connectivity index (χ1n) is 5.50.